The van der Waals surface area contributed by atoms with Crippen molar-refractivity contribution in [2.45, 2.75) is 6.92 Å². The first kappa shape index (κ1) is 24.8. The highest BCUT2D eigenvalue weighted by Crippen LogP contribution is 2.31. The number of hydrogen-bond acceptors (Lipinski definition) is 5. The first-order chi connectivity index (χ1) is 17.9. The lowest BCUT2D eigenvalue weighted by Crippen LogP contribution is -2.19. The molecule has 1 heterocycles. The van der Waals surface area contributed by atoms with Gasteiger partial charge in [-0.25, -0.2) is 14.0 Å². The number of fused-ring (bicyclic) bond motifs is 1. The number of halogens is 1. The topological polar surface area (TPSA) is 125 Å². The molecule has 0 atom stereocenters. The van der Waals surface area contributed by atoms with E-state index in [-0.39, 0.29) is 5.82 Å². The summed E-state index contributed by atoms with van der Waals surface area (Å²) >= 11 is 0. The molecule has 2 amide bonds. The van der Waals surface area contributed by atoms with Gasteiger partial charge >= 0.3 is 6.03 Å². The zero-order valence-corrected chi connectivity index (χ0v) is 19.8. The fourth-order valence-electron chi connectivity index (χ4n) is 3.65. The standard InChI is InChI=1S/C20H16FN5O.C8H7NO/c21-13-6-10-15(11-7-13)24-20(27)23-14-8-4-12(5-9-14)16-2-1-3-17-18(16)19(22)26-25-17;1-7-3-2-4-8(5-7)9-6-10/h1-11H,(H3,22,25,26)(H2,23,24,27);2-5H,1H3. The molecular weight excluding hydrogens is 471 g/mol. The number of H-pyrrole nitrogens is 1. The van der Waals surface area contributed by atoms with Gasteiger partial charge in [0.1, 0.15) is 5.82 Å². The number of isocyanates is 1. The van der Waals surface area contributed by atoms with Gasteiger partial charge < -0.3 is 16.4 Å². The van der Waals surface area contributed by atoms with Gasteiger partial charge in [0.25, 0.3) is 0 Å². The van der Waals surface area contributed by atoms with Crippen LogP contribution in [-0.2, 0) is 4.79 Å². The van der Waals surface area contributed by atoms with Crippen molar-refractivity contribution in [3.8, 4) is 11.1 Å². The summed E-state index contributed by atoms with van der Waals surface area (Å²) in [6.45, 7) is 1.95. The summed E-state index contributed by atoms with van der Waals surface area (Å²) in [5.74, 6) is 0.0892. The summed E-state index contributed by atoms with van der Waals surface area (Å²) < 4.78 is 12.9. The number of carbonyl (C=O) groups excluding carboxylic acids is 2. The number of nitrogen functional groups attached to an aromatic ring is 1. The molecule has 1 aromatic heterocycles. The number of nitrogens with one attached hydrogen (secondary N) is 3. The van der Waals surface area contributed by atoms with E-state index in [0.717, 1.165) is 27.6 Å². The Morgan fingerprint density at radius 2 is 1.59 bits per heavy atom. The number of amides is 2. The highest BCUT2D eigenvalue weighted by atomic mass is 19.1. The Balaban J connectivity index is 0.000000270. The van der Waals surface area contributed by atoms with Crippen LogP contribution in [0.3, 0.4) is 0 Å². The van der Waals surface area contributed by atoms with Crippen LogP contribution in [0.1, 0.15) is 5.56 Å². The van der Waals surface area contributed by atoms with Crippen LogP contribution < -0.4 is 16.4 Å². The summed E-state index contributed by atoms with van der Waals surface area (Å²) in [5.41, 5.74) is 11.6. The van der Waals surface area contributed by atoms with Crippen molar-refractivity contribution in [3.05, 3.63) is 102 Å². The summed E-state index contributed by atoms with van der Waals surface area (Å²) in [6, 6.07) is 25.7. The molecule has 0 aliphatic carbocycles. The number of urea groups is 1. The Labute approximate surface area is 212 Å². The van der Waals surface area contributed by atoms with Crippen molar-refractivity contribution >= 4 is 45.9 Å². The molecule has 8 nitrogen and oxygen atoms in total. The van der Waals surface area contributed by atoms with Crippen LogP contribution in [0.25, 0.3) is 22.0 Å². The minimum absolute atomic E-state index is 0.357. The van der Waals surface area contributed by atoms with Crippen LogP contribution in [0.5, 0.6) is 0 Å². The van der Waals surface area contributed by atoms with Gasteiger partial charge in [-0.2, -0.15) is 10.1 Å². The number of hydrogen-bond donors (Lipinski definition) is 4. The number of carbonyl (C=O) groups is 1. The Hall–Kier alpha value is -5.27. The maximum Gasteiger partial charge on any atom is 0.323 e. The number of aryl methyl sites for hydroxylation is 1. The quantitative estimate of drug-likeness (QED) is 0.167. The highest BCUT2D eigenvalue weighted by Gasteiger charge is 2.10. The van der Waals surface area contributed by atoms with E-state index < -0.39 is 6.03 Å². The SMILES string of the molecule is Cc1cccc(N=C=O)c1.Nc1n[nH]c2cccc(-c3ccc(NC(=O)Nc4ccc(F)cc4)cc3)c12. The van der Waals surface area contributed by atoms with Crippen molar-refractivity contribution in [1.29, 1.82) is 0 Å². The molecule has 0 spiro atoms. The van der Waals surface area contributed by atoms with Crippen LogP contribution in [0.2, 0.25) is 0 Å². The van der Waals surface area contributed by atoms with E-state index in [9.17, 15) is 14.0 Å². The zero-order valence-electron chi connectivity index (χ0n) is 19.8. The van der Waals surface area contributed by atoms with Crippen molar-refractivity contribution in [2.75, 3.05) is 16.4 Å². The van der Waals surface area contributed by atoms with E-state index in [1.54, 1.807) is 18.2 Å². The Bertz CT molecular complexity index is 1570. The number of aliphatic imine (C=N–C) groups is 1. The molecule has 5 rings (SSSR count). The highest BCUT2D eigenvalue weighted by molar-refractivity contribution is 6.02. The maximum atomic E-state index is 12.9. The van der Waals surface area contributed by atoms with Gasteiger partial charge in [0, 0.05) is 11.4 Å². The molecule has 0 saturated carbocycles. The third-order valence-electron chi connectivity index (χ3n) is 5.35. The van der Waals surface area contributed by atoms with Gasteiger partial charge in [-0.1, -0.05) is 36.4 Å². The molecule has 0 saturated heterocycles. The van der Waals surface area contributed by atoms with Gasteiger partial charge in [-0.3, -0.25) is 5.10 Å². The van der Waals surface area contributed by atoms with Gasteiger partial charge in [-0.15, -0.1) is 0 Å². The molecule has 4 aromatic carbocycles. The molecule has 0 unspecified atom stereocenters. The smallest absolute Gasteiger partial charge is 0.323 e. The van der Waals surface area contributed by atoms with Crippen molar-refractivity contribution in [1.82, 2.24) is 10.2 Å². The molecule has 0 bridgehead atoms. The molecule has 37 heavy (non-hydrogen) atoms. The van der Waals surface area contributed by atoms with E-state index >= 15 is 0 Å². The summed E-state index contributed by atoms with van der Waals surface area (Å²) in [7, 11) is 0. The number of aromatic nitrogens is 2. The van der Waals surface area contributed by atoms with Crippen LogP contribution in [-0.4, -0.2) is 22.3 Å². The molecule has 5 N–H and O–H groups in total. The predicted molar refractivity (Wildman–Crippen MR) is 144 cm³/mol. The molecule has 0 radical (unpaired) electrons. The number of anilines is 3. The minimum Gasteiger partial charge on any atom is -0.382 e. The van der Waals surface area contributed by atoms with Crippen molar-refractivity contribution in [2.24, 2.45) is 4.99 Å². The zero-order chi connectivity index (χ0) is 26.2. The lowest BCUT2D eigenvalue weighted by atomic mass is 10.0. The summed E-state index contributed by atoms with van der Waals surface area (Å²) in [5, 5.41) is 13.2. The lowest BCUT2D eigenvalue weighted by Gasteiger charge is -2.09. The fraction of sp³-hybridized carbons (Fsp3) is 0.0357. The van der Waals surface area contributed by atoms with Gasteiger partial charge in [-0.05, 0) is 78.2 Å². The van der Waals surface area contributed by atoms with E-state index in [2.05, 4.69) is 25.8 Å². The number of nitrogens with zero attached hydrogens (tertiary/aromatic N) is 2. The van der Waals surface area contributed by atoms with Gasteiger partial charge in [0.05, 0.1) is 16.6 Å². The first-order valence-electron chi connectivity index (χ1n) is 11.2. The molecule has 0 fully saturated rings. The molecule has 5 aromatic rings. The molecule has 9 heteroatoms. The van der Waals surface area contributed by atoms with Crippen LogP contribution in [0.4, 0.5) is 32.1 Å². The van der Waals surface area contributed by atoms with E-state index in [1.807, 2.05) is 55.5 Å². The number of rotatable bonds is 4. The number of aromatic amines is 1. The fourth-order valence-corrected chi connectivity index (χ4v) is 3.65. The monoisotopic (exact) mass is 494 g/mol. The second-order valence-electron chi connectivity index (χ2n) is 8.04. The number of benzene rings is 4. The van der Waals surface area contributed by atoms with Crippen LogP contribution in [0, 0.1) is 12.7 Å². The molecule has 0 aliphatic heterocycles. The molecule has 0 aliphatic rings. The second kappa shape index (κ2) is 11.4. The van der Waals surface area contributed by atoms with Crippen molar-refractivity contribution in [3.63, 3.8) is 0 Å². The Kier molecular flexibility index (Phi) is 7.68. The minimum atomic E-state index is -0.407. The normalized spacial score (nSPS) is 10.1. The van der Waals surface area contributed by atoms with Crippen molar-refractivity contribution < 1.29 is 14.0 Å². The van der Waals surface area contributed by atoms with Crippen LogP contribution in [0.15, 0.2) is 96.0 Å². The molecular formula is C28H23FN6O2. The summed E-state index contributed by atoms with van der Waals surface area (Å²) in [4.78, 5) is 25.3. The van der Waals surface area contributed by atoms with Gasteiger partial charge in [0.2, 0.25) is 6.08 Å². The predicted octanol–water partition coefficient (Wildman–Crippen LogP) is 6.56. The summed E-state index contributed by atoms with van der Waals surface area (Å²) in [6.07, 6.45) is 1.49. The van der Waals surface area contributed by atoms with Gasteiger partial charge in [0.15, 0.2) is 5.82 Å². The maximum absolute atomic E-state index is 12.9. The molecule has 184 valence electrons. The Morgan fingerprint density at radius 1 is 0.946 bits per heavy atom. The third kappa shape index (κ3) is 6.45. The lowest BCUT2D eigenvalue weighted by molar-refractivity contribution is 0.262. The second-order valence-corrected chi connectivity index (χ2v) is 8.04. The number of nitrogens with two attached hydrogens (primary N) is 1. The average Bonchev–Trinajstić information content (AvgIpc) is 3.28. The third-order valence-corrected chi connectivity index (χ3v) is 5.35. The van der Waals surface area contributed by atoms with E-state index in [4.69, 9.17) is 5.73 Å². The van der Waals surface area contributed by atoms with E-state index in [1.165, 1.54) is 30.3 Å². The average molecular weight is 495 g/mol. The van der Waals surface area contributed by atoms with E-state index in [0.29, 0.717) is 22.9 Å². The largest absolute Gasteiger partial charge is 0.382 e. The first-order valence-corrected chi connectivity index (χ1v) is 11.2. The van der Waals surface area contributed by atoms with Crippen LogP contribution >= 0.6 is 0 Å². The Morgan fingerprint density at radius 3 is 2.24 bits per heavy atom.